The number of rotatable bonds is 5. The van der Waals surface area contributed by atoms with Crippen LogP contribution in [0.3, 0.4) is 0 Å². The summed E-state index contributed by atoms with van der Waals surface area (Å²) in [6, 6.07) is 3.90. The van der Waals surface area contributed by atoms with Gasteiger partial charge in [0.15, 0.2) is 0 Å². The zero-order valence-corrected chi connectivity index (χ0v) is 15.6. The summed E-state index contributed by atoms with van der Waals surface area (Å²) in [4.78, 5) is 32.5. The Morgan fingerprint density at radius 3 is 2.77 bits per heavy atom. The minimum absolute atomic E-state index is 0.114. The van der Waals surface area contributed by atoms with Crippen LogP contribution in [0.5, 0.6) is 0 Å². The number of pyridine rings is 1. The quantitative estimate of drug-likeness (QED) is 0.867. The molecule has 2 aliphatic heterocycles. The highest BCUT2D eigenvalue weighted by atomic mass is 16.3. The number of aliphatic hydroxyl groups is 1. The second kappa shape index (κ2) is 8.16. The Bertz CT molecular complexity index is 624. The number of hydrogen-bond donors (Lipinski definition) is 1. The number of nitrogens with zero attached hydrogens (tertiary/aromatic N) is 3. The van der Waals surface area contributed by atoms with E-state index < -0.39 is 6.10 Å². The van der Waals surface area contributed by atoms with Crippen LogP contribution in [0.2, 0.25) is 0 Å². The van der Waals surface area contributed by atoms with Crippen molar-refractivity contribution < 1.29 is 14.7 Å². The van der Waals surface area contributed by atoms with Crippen molar-refractivity contribution in [3.63, 3.8) is 0 Å². The monoisotopic (exact) mass is 359 g/mol. The summed E-state index contributed by atoms with van der Waals surface area (Å²) in [5, 5.41) is 9.63. The fraction of sp³-hybridized carbons (Fsp3) is 0.650. The minimum Gasteiger partial charge on any atom is -0.392 e. The second-order valence-electron chi connectivity index (χ2n) is 7.87. The zero-order valence-electron chi connectivity index (χ0n) is 15.6. The van der Waals surface area contributed by atoms with Gasteiger partial charge in [-0.2, -0.15) is 0 Å². The summed E-state index contributed by atoms with van der Waals surface area (Å²) in [6.07, 6.45) is 7.64. The molecule has 0 unspecified atom stereocenters. The van der Waals surface area contributed by atoms with Crippen LogP contribution in [0.25, 0.3) is 0 Å². The normalized spacial score (nSPS) is 21.1. The molecule has 26 heavy (non-hydrogen) atoms. The molecule has 2 fully saturated rings. The van der Waals surface area contributed by atoms with Gasteiger partial charge < -0.3 is 14.9 Å². The van der Waals surface area contributed by atoms with Crippen molar-refractivity contribution in [3.05, 3.63) is 30.1 Å². The van der Waals surface area contributed by atoms with Gasteiger partial charge in [-0.15, -0.1) is 0 Å². The van der Waals surface area contributed by atoms with Gasteiger partial charge in [0.2, 0.25) is 11.8 Å². The Kier molecular flexibility index (Phi) is 5.91. The molecule has 1 spiro atoms. The third-order valence-corrected chi connectivity index (χ3v) is 5.76. The van der Waals surface area contributed by atoms with E-state index in [1.54, 1.807) is 13.1 Å². The Hall–Kier alpha value is -1.95. The first-order chi connectivity index (χ1) is 12.5. The van der Waals surface area contributed by atoms with Crippen molar-refractivity contribution in [3.8, 4) is 0 Å². The summed E-state index contributed by atoms with van der Waals surface area (Å²) in [5.41, 5.74) is 1.21. The topological polar surface area (TPSA) is 73.7 Å². The molecule has 1 aromatic heterocycles. The van der Waals surface area contributed by atoms with Crippen LogP contribution < -0.4 is 0 Å². The SMILES string of the molecule is C[C@@H](O)CN1CC2(CCC1=O)CCN(C(=O)CCc1cccnc1)CC2. The fourth-order valence-electron chi connectivity index (χ4n) is 4.18. The standard InChI is InChI=1S/C20H29N3O3/c1-16(24)14-23-15-20(7-6-19(23)26)8-11-22(12-9-20)18(25)5-4-17-3-2-10-21-13-17/h2-3,10,13,16,24H,4-9,11-12,14-15H2,1H3/t16-/m1/s1. The molecule has 1 aromatic rings. The van der Waals surface area contributed by atoms with Crippen molar-refractivity contribution in [1.82, 2.24) is 14.8 Å². The molecule has 2 amide bonds. The van der Waals surface area contributed by atoms with E-state index >= 15 is 0 Å². The van der Waals surface area contributed by atoms with E-state index in [0.29, 0.717) is 25.9 Å². The van der Waals surface area contributed by atoms with Crippen LogP contribution >= 0.6 is 0 Å². The molecule has 142 valence electrons. The fourth-order valence-corrected chi connectivity index (χ4v) is 4.18. The lowest BCUT2D eigenvalue weighted by atomic mass is 9.72. The number of aromatic nitrogens is 1. The first-order valence-electron chi connectivity index (χ1n) is 9.60. The maximum absolute atomic E-state index is 12.5. The Morgan fingerprint density at radius 2 is 2.12 bits per heavy atom. The number of aliphatic hydroxyl groups excluding tert-OH is 1. The number of hydrogen-bond acceptors (Lipinski definition) is 4. The molecule has 0 aromatic carbocycles. The van der Waals surface area contributed by atoms with E-state index in [4.69, 9.17) is 0 Å². The number of carbonyl (C=O) groups is 2. The van der Waals surface area contributed by atoms with Gasteiger partial charge in [-0.1, -0.05) is 6.07 Å². The molecule has 0 bridgehead atoms. The van der Waals surface area contributed by atoms with E-state index in [0.717, 1.165) is 44.3 Å². The number of carbonyl (C=O) groups excluding carboxylic acids is 2. The Morgan fingerprint density at radius 1 is 1.35 bits per heavy atom. The van der Waals surface area contributed by atoms with Crippen LogP contribution in [0.15, 0.2) is 24.5 Å². The largest absolute Gasteiger partial charge is 0.392 e. The highest BCUT2D eigenvalue weighted by Crippen LogP contribution is 2.40. The molecular weight excluding hydrogens is 330 g/mol. The highest BCUT2D eigenvalue weighted by molar-refractivity contribution is 5.78. The first-order valence-corrected chi connectivity index (χ1v) is 9.60. The number of amides is 2. The summed E-state index contributed by atoms with van der Waals surface area (Å²) in [7, 11) is 0. The summed E-state index contributed by atoms with van der Waals surface area (Å²) < 4.78 is 0. The lowest BCUT2D eigenvalue weighted by Crippen LogP contribution is -2.53. The van der Waals surface area contributed by atoms with Gasteiger partial charge >= 0.3 is 0 Å². The molecule has 3 rings (SSSR count). The van der Waals surface area contributed by atoms with E-state index in [1.165, 1.54) is 0 Å². The number of likely N-dealkylation sites (tertiary alicyclic amines) is 2. The van der Waals surface area contributed by atoms with Gasteiger partial charge in [0, 0.05) is 51.4 Å². The molecule has 0 radical (unpaired) electrons. The van der Waals surface area contributed by atoms with Gasteiger partial charge in [-0.05, 0) is 49.7 Å². The van der Waals surface area contributed by atoms with Crippen molar-refractivity contribution >= 4 is 11.8 Å². The third-order valence-electron chi connectivity index (χ3n) is 5.76. The van der Waals surface area contributed by atoms with Gasteiger partial charge in [-0.25, -0.2) is 0 Å². The summed E-state index contributed by atoms with van der Waals surface area (Å²) >= 11 is 0. The number of piperidine rings is 2. The molecule has 1 atom stereocenters. The minimum atomic E-state index is -0.497. The van der Waals surface area contributed by atoms with Gasteiger partial charge in [0.1, 0.15) is 0 Å². The predicted molar refractivity (Wildman–Crippen MR) is 98.3 cm³/mol. The van der Waals surface area contributed by atoms with Gasteiger partial charge in [-0.3, -0.25) is 14.6 Å². The van der Waals surface area contributed by atoms with Crippen LogP contribution in [-0.2, 0) is 16.0 Å². The Labute approximate surface area is 155 Å². The van der Waals surface area contributed by atoms with Crippen LogP contribution in [0.4, 0.5) is 0 Å². The number of aryl methyl sites for hydroxylation is 1. The average molecular weight is 359 g/mol. The molecule has 2 saturated heterocycles. The highest BCUT2D eigenvalue weighted by Gasteiger charge is 2.41. The van der Waals surface area contributed by atoms with Gasteiger partial charge in [0.05, 0.1) is 6.10 Å². The smallest absolute Gasteiger partial charge is 0.222 e. The lowest BCUT2D eigenvalue weighted by Gasteiger charge is -2.47. The maximum Gasteiger partial charge on any atom is 0.222 e. The van der Waals surface area contributed by atoms with Crippen LogP contribution in [-0.4, -0.2) is 64.0 Å². The lowest BCUT2D eigenvalue weighted by molar-refractivity contribution is -0.143. The maximum atomic E-state index is 12.5. The zero-order chi connectivity index (χ0) is 18.6. The van der Waals surface area contributed by atoms with E-state index in [1.807, 2.05) is 28.1 Å². The van der Waals surface area contributed by atoms with Crippen molar-refractivity contribution in [1.29, 1.82) is 0 Å². The second-order valence-corrected chi connectivity index (χ2v) is 7.87. The molecular formula is C20H29N3O3. The molecule has 2 aliphatic rings. The molecule has 0 aliphatic carbocycles. The summed E-state index contributed by atoms with van der Waals surface area (Å²) in [6.45, 7) is 4.38. The van der Waals surface area contributed by atoms with Gasteiger partial charge in [0.25, 0.3) is 0 Å². The molecule has 3 heterocycles. The first kappa shape index (κ1) is 18.8. The molecule has 6 nitrogen and oxygen atoms in total. The van der Waals surface area contributed by atoms with Crippen molar-refractivity contribution in [2.75, 3.05) is 26.2 Å². The average Bonchev–Trinajstić information content (AvgIpc) is 2.64. The van der Waals surface area contributed by atoms with Crippen LogP contribution in [0.1, 0.15) is 44.6 Å². The summed E-state index contributed by atoms with van der Waals surface area (Å²) in [5.74, 6) is 0.350. The predicted octanol–water partition coefficient (Wildman–Crippen LogP) is 1.63. The third kappa shape index (κ3) is 4.61. The van der Waals surface area contributed by atoms with Crippen molar-refractivity contribution in [2.45, 2.75) is 51.6 Å². The molecule has 1 N–H and O–H groups in total. The molecule has 6 heteroatoms. The number of β-amino-alcohol motifs (C(OH)–C–C–N with tert-alkyl or cyclic N) is 1. The van der Waals surface area contributed by atoms with E-state index in [9.17, 15) is 14.7 Å². The van der Waals surface area contributed by atoms with E-state index in [2.05, 4.69) is 4.98 Å². The molecule has 0 saturated carbocycles. The van der Waals surface area contributed by atoms with Crippen molar-refractivity contribution in [2.24, 2.45) is 5.41 Å². The van der Waals surface area contributed by atoms with Crippen LogP contribution in [0, 0.1) is 5.41 Å². The van der Waals surface area contributed by atoms with E-state index in [-0.39, 0.29) is 17.2 Å². The Balaban J connectivity index is 1.50.